The van der Waals surface area contributed by atoms with Crippen LogP contribution in [0.5, 0.6) is 0 Å². The minimum Gasteiger partial charge on any atom is -0.327 e. The molecular formula is C14H21FN2. The van der Waals surface area contributed by atoms with Crippen LogP contribution < -0.4 is 5.73 Å². The predicted octanol–water partition coefficient (Wildman–Crippen LogP) is 2.35. The van der Waals surface area contributed by atoms with Crippen molar-refractivity contribution in [1.29, 1.82) is 0 Å². The van der Waals surface area contributed by atoms with E-state index in [0.29, 0.717) is 5.92 Å². The van der Waals surface area contributed by atoms with Crippen LogP contribution in [0.15, 0.2) is 24.3 Å². The maximum absolute atomic E-state index is 12.9. The molecule has 0 bridgehead atoms. The van der Waals surface area contributed by atoms with Crippen molar-refractivity contribution in [3.05, 3.63) is 35.6 Å². The summed E-state index contributed by atoms with van der Waals surface area (Å²) in [6.07, 6.45) is 2.16. The van der Waals surface area contributed by atoms with Crippen LogP contribution in [0, 0.1) is 5.82 Å². The first-order chi connectivity index (χ1) is 8.19. The first-order valence-corrected chi connectivity index (χ1v) is 6.42. The number of nitrogens with zero attached hydrogens (tertiary/aromatic N) is 1. The van der Waals surface area contributed by atoms with Gasteiger partial charge in [0, 0.05) is 19.1 Å². The number of rotatable bonds is 3. The minimum atomic E-state index is -0.167. The number of piperidine rings is 1. The predicted molar refractivity (Wildman–Crippen MR) is 68.5 cm³/mol. The SMILES string of the molecule is CCCN1CC(N)CC(c2ccc(F)cc2)C1. The monoisotopic (exact) mass is 236 g/mol. The summed E-state index contributed by atoms with van der Waals surface area (Å²) in [4.78, 5) is 2.42. The van der Waals surface area contributed by atoms with E-state index in [1.54, 1.807) is 12.1 Å². The molecule has 1 aromatic rings. The van der Waals surface area contributed by atoms with E-state index in [-0.39, 0.29) is 11.9 Å². The third kappa shape index (κ3) is 3.27. The van der Waals surface area contributed by atoms with Gasteiger partial charge in [0.1, 0.15) is 5.82 Å². The first-order valence-electron chi connectivity index (χ1n) is 6.42. The van der Waals surface area contributed by atoms with Crippen LogP contribution in [0.4, 0.5) is 4.39 Å². The van der Waals surface area contributed by atoms with E-state index in [1.165, 1.54) is 5.56 Å². The van der Waals surface area contributed by atoms with Crippen molar-refractivity contribution in [2.24, 2.45) is 5.73 Å². The molecule has 2 nitrogen and oxygen atoms in total. The fourth-order valence-electron chi connectivity index (χ4n) is 2.71. The molecule has 2 unspecified atom stereocenters. The number of nitrogens with two attached hydrogens (primary N) is 1. The van der Waals surface area contributed by atoms with Crippen LogP contribution in [-0.2, 0) is 0 Å². The fraction of sp³-hybridized carbons (Fsp3) is 0.571. The van der Waals surface area contributed by atoms with E-state index in [4.69, 9.17) is 5.73 Å². The van der Waals surface area contributed by atoms with Crippen molar-refractivity contribution in [2.75, 3.05) is 19.6 Å². The Labute approximate surface area is 103 Å². The summed E-state index contributed by atoms with van der Waals surface area (Å²) in [7, 11) is 0. The number of hydrogen-bond acceptors (Lipinski definition) is 2. The smallest absolute Gasteiger partial charge is 0.123 e. The van der Waals surface area contributed by atoms with E-state index >= 15 is 0 Å². The molecule has 0 spiro atoms. The molecular weight excluding hydrogens is 215 g/mol. The molecule has 17 heavy (non-hydrogen) atoms. The van der Waals surface area contributed by atoms with Gasteiger partial charge in [-0.1, -0.05) is 19.1 Å². The average Bonchev–Trinajstić information content (AvgIpc) is 2.29. The van der Waals surface area contributed by atoms with Crippen LogP contribution in [0.2, 0.25) is 0 Å². The number of likely N-dealkylation sites (tertiary alicyclic amines) is 1. The lowest BCUT2D eigenvalue weighted by molar-refractivity contribution is 0.189. The van der Waals surface area contributed by atoms with Crippen molar-refractivity contribution < 1.29 is 4.39 Å². The van der Waals surface area contributed by atoms with Gasteiger partial charge in [-0.25, -0.2) is 4.39 Å². The van der Waals surface area contributed by atoms with Crippen molar-refractivity contribution >= 4 is 0 Å². The van der Waals surface area contributed by atoms with Gasteiger partial charge in [-0.3, -0.25) is 0 Å². The van der Waals surface area contributed by atoms with E-state index in [2.05, 4.69) is 11.8 Å². The first kappa shape index (κ1) is 12.5. The Hall–Kier alpha value is -0.930. The van der Waals surface area contributed by atoms with Crippen LogP contribution in [0.1, 0.15) is 31.2 Å². The maximum atomic E-state index is 12.9. The molecule has 1 fully saturated rings. The molecule has 1 aromatic carbocycles. The van der Waals surface area contributed by atoms with Crippen LogP contribution in [-0.4, -0.2) is 30.6 Å². The molecule has 1 heterocycles. The second kappa shape index (κ2) is 5.61. The van der Waals surface area contributed by atoms with Crippen molar-refractivity contribution in [2.45, 2.75) is 31.7 Å². The molecule has 2 rings (SSSR count). The zero-order valence-corrected chi connectivity index (χ0v) is 10.4. The van der Waals surface area contributed by atoms with E-state index in [9.17, 15) is 4.39 Å². The van der Waals surface area contributed by atoms with Gasteiger partial charge in [0.15, 0.2) is 0 Å². The van der Waals surface area contributed by atoms with Gasteiger partial charge in [-0.2, -0.15) is 0 Å². The quantitative estimate of drug-likeness (QED) is 0.873. The lowest BCUT2D eigenvalue weighted by Gasteiger charge is -2.36. The Balaban J connectivity index is 2.06. The highest BCUT2D eigenvalue weighted by Gasteiger charge is 2.25. The molecule has 1 aliphatic heterocycles. The van der Waals surface area contributed by atoms with Crippen molar-refractivity contribution in [1.82, 2.24) is 4.90 Å². The van der Waals surface area contributed by atoms with Crippen LogP contribution in [0.25, 0.3) is 0 Å². The zero-order valence-electron chi connectivity index (χ0n) is 10.4. The summed E-state index contributed by atoms with van der Waals surface area (Å²) >= 11 is 0. The van der Waals surface area contributed by atoms with Gasteiger partial charge < -0.3 is 10.6 Å². The second-order valence-electron chi connectivity index (χ2n) is 5.00. The highest BCUT2D eigenvalue weighted by molar-refractivity contribution is 5.21. The van der Waals surface area contributed by atoms with Crippen molar-refractivity contribution in [3.8, 4) is 0 Å². The molecule has 94 valence electrons. The Morgan fingerprint density at radius 2 is 2.00 bits per heavy atom. The Morgan fingerprint density at radius 1 is 1.29 bits per heavy atom. The Kier molecular flexibility index (Phi) is 4.13. The van der Waals surface area contributed by atoms with Gasteiger partial charge >= 0.3 is 0 Å². The minimum absolute atomic E-state index is 0.167. The number of halogens is 1. The van der Waals surface area contributed by atoms with Gasteiger partial charge in [0.05, 0.1) is 0 Å². The largest absolute Gasteiger partial charge is 0.327 e. The zero-order chi connectivity index (χ0) is 12.3. The van der Waals surface area contributed by atoms with Gasteiger partial charge in [0.25, 0.3) is 0 Å². The molecule has 1 aliphatic rings. The molecule has 2 atom stereocenters. The highest BCUT2D eigenvalue weighted by atomic mass is 19.1. The summed E-state index contributed by atoms with van der Waals surface area (Å²) in [6.45, 7) is 5.33. The lowest BCUT2D eigenvalue weighted by atomic mass is 9.88. The maximum Gasteiger partial charge on any atom is 0.123 e. The molecule has 0 aliphatic carbocycles. The van der Waals surface area contributed by atoms with Gasteiger partial charge in [0.2, 0.25) is 0 Å². The van der Waals surface area contributed by atoms with E-state index < -0.39 is 0 Å². The average molecular weight is 236 g/mol. The van der Waals surface area contributed by atoms with Gasteiger partial charge in [-0.05, 0) is 43.0 Å². The third-order valence-electron chi connectivity index (χ3n) is 3.44. The highest BCUT2D eigenvalue weighted by Crippen LogP contribution is 2.26. The Bertz CT molecular complexity index is 350. The standard InChI is InChI=1S/C14H21FN2/c1-2-7-17-9-12(8-14(16)10-17)11-3-5-13(15)6-4-11/h3-6,12,14H,2,7-10,16H2,1H3. The fourth-order valence-corrected chi connectivity index (χ4v) is 2.71. The van der Waals surface area contributed by atoms with E-state index in [0.717, 1.165) is 32.5 Å². The van der Waals surface area contributed by atoms with Gasteiger partial charge in [-0.15, -0.1) is 0 Å². The summed E-state index contributed by atoms with van der Waals surface area (Å²) < 4.78 is 12.9. The second-order valence-corrected chi connectivity index (χ2v) is 5.00. The lowest BCUT2D eigenvalue weighted by Crippen LogP contribution is -2.46. The number of benzene rings is 1. The molecule has 0 amide bonds. The molecule has 0 radical (unpaired) electrons. The molecule has 1 saturated heterocycles. The normalized spacial score (nSPS) is 26.1. The van der Waals surface area contributed by atoms with E-state index in [1.807, 2.05) is 12.1 Å². The molecule has 2 N–H and O–H groups in total. The van der Waals surface area contributed by atoms with Crippen LogP contribution in [0.3, 0.4) is 0 Å². The Morgan fingerprint density at radius 3 is 2.65 bits per heavy atom. The summed E-state index contributed by atoms with van der Waals surface area (Å²) in [5.41, 5.74) is 7.31. The van der Waals surface area contributed by atoms with Crippen molar-refractivity contribution in [3.63, 3.8) is 0 Å². The third-order valence-corrected chi connectivity index (χ3v) is 3.44. The summed E-state index contributed by atoms with van der Waals surface area (Å²) in [5.74, 6) is 0.283. The molecule has 0 aromatic heterocycles. The summed E-state index contributed by atoms with van der Waals surface area (Å²) in [6, 6.07) is 7.11. The summed E-state index contributed by atoms with van der Waals surface area (Å²) in [5, 5.41) is 0. The topological polar surface area (TPSA) is 29.3 Å². The van der Waals surface area contributed by atoms with Crippen LogP contribution >= 0.6 is 0 Å². The number of hydrogen-bond donors (Lipinski definition) is 1. The molecule has 3 heteroatoms. The molecule has 0 saturated carbocycles.